The lowest BCUT2D eigenvalue weighted by Crippen LogP contribution is -2.28. The second-order valence-corrected chi connectivity index (χ2v) is 17.5. The number of ether oxygens (including phenoxy) is 2. The number of esters is 2. The second-order valence-electron chi connectivity index (χ2n) is 17.5. The third-order valence-corrected chi connectivity index (χ3v) is 11.9. The number of nitrogens with zero attached hydrogens (tertiary/aromatic N) is 3. The standard InChI is InChI=1S/C50H95N3O4/c1-6-9-12-15-20-27-35-46(4)56-49(54)38-30-23-18-25-32-41-52(43-34-44-53-45-40-51-47(53)5)42-33-26-19-24-31-39-50(55)57-48(36-28-21-16-13-10-7-2)37-29-22-17-14-11-8-3/h40,45-46,48H,6-39,41-44H2,1-5H3. The molecule has 0 saturated heterocycles. The van der Waals surface area contributed by atoms with Crippen molar-refractivity contribution in [3.63, 3.8) is 0 Å². The second kappa shape index (κ2) is 39.6. The molecule has 1 atom stereocenters. The van der Waals surface area contributed by atoms with Gasteiger partial charge in [-0.05, 0) is 104 Å². The maximum absolute atomic E-state index is 12.8. The highest BCUT2D eigenvalue weighted by Gasteiger charge is 2.15. The Bertz CT molecular complexity index is 1010. The summed E-state index contributed by atoms with van der Waals surface area (Å²) in [5.74, 6) is 1.11. The zero-order valence-corrected chi connectivity index (χ0v) is 38.7. The van der Waals surface area contributed by atoms with Crippen molar-refractivity contribution in [3.8, 4) is 0 Å². The van der Waals surface area contributed by atoms with E-state index in [4.69, 9.17) is 9.47 Å². The van der Waals surface area contributed by atoms with Gasteiger partial charge in [0, 0.05) is 31.8 Å². The van der Waals surface area contributed by atoms with Gasteiger partial charge < -0.3 is 18.9 Å². The predicted octanol–water partition coefficient (Wildman–Crippen LogP) is 14.7. The van der Waals surface area contributed by atoms with Crippen LogP contribution in [-0.4, -0.2) is 58.2 Å². The van der Waals surface area contributed by atoms with Crippen LogP contribution in [0.2, 0.25) is 0 Å². The van der Waals surface area contributed by atoms with Crippen molar-refractivity contribution in [3.05, 3.63) is 18.2 Å². The van der Waals surface area contributed by atoms with E-state index in [1.54, 1.807) is 0 Å². The van der Waals surface area contributed by atoms with Crippen LogP contribution in [0.3, 0.4) is 0 Å². The first kappa shape index (κ1) is 53.1. The smallest absolute Gasteiger partial charge is 0.306 e. The molecule has 0 radical (unpaired) electrons. The highest BCUT2D eigenvalue weighted by atomic mass is 16.5. The summed E-state index contributed by atoms with van der Waals surface area (Å²) in [7, 11) is 0. The van der Waals surface area contributed by atoms with Crippen LogP contribution in [0.5, 0.6) is 0 Å². The largest absolute Gasteiger partial charge is 0.463 e. The molecule has 0 aromatic carbocycles. The molecule has 1 heterocycles. The molecular formula is C50H95N3O4. The lowest BCUT2D eigenvalue weighted by Gasteiger charge is -2.22. The minimum atomic E-state index is -0.0148. The number of aryl methyl sites for hydroxylation is 2. The van der Waals surface area contributed by atoms with E-state index in [1.807, 2.05) is 6.20 Å². The summed E-state index contributed by atoms with van der Waals surface area (Å²) in [6, 6.07) is 0. The summed E-state index contributed by atoms with van der Waals surface area (Å²) in [5, 5.41) is 0. The molecule has 0 aliphatic carbocycles. The molecule has 0 amide bonds. The van der Waals surface area contributed by atoms with Crippen molar-refractivity contribution in [2.24, 2.45) is 0 Å². The fourth-order valence-corrected chi connectivity index (χ4v) is 8.08. The van der Waals surface area contributed by atoms with Crippen molar-refractivity contribution < 1.29 is 19.1 Å². The Balaban J connectivity index is 2.31. The molecule has 0 aliphatic heterocycles. The number of rotatable bonds is 43. The third kappa shape index (κ3) is 33.6. The average molecular weight is 802 g/mol. The van der Waals surface area contributed by atoms with Gasteiger partial charge in [-0.15, -0.1) is 0 Å². The Morgan fingerprint density at radius 3 is 1.42 bits per heavy atom. The molecule has 0 saturated carbocycles. The van der Waals surface area contributed by atoms with Crippen LogP contribution < -0.4 is 0 Å². The zero-order chi connectivity index (χ0) is 41.4. The Morgan fingerprint density at radius 1 is 0.544 bits per heavy atom. The molecule has 7 heteroatoms. The molecule has 0 fully saturated rings. The molecule has 1 unspecified atom stereocenters. The first-order valence-corrected chi connectivity index (χ1v) is 25.0. The van der Waals surface area contributed by atoms with Gasteiger partial charge >= 0.3 is 11.9 Å². The van der Waals surface area contributed by atoms with Crippen LogP contribution in [0.25, 0.3) is 0 Å². The maximum Gasteiger partial charge on any atom is 0.306 e. The van der Waals surface area contributed by atoms with Crippen LogP contribution in [0, 0.1) is 6.92 Å². The number of carbonyl (C=O) groups excluding carboxylic acids is 2. The molecule has 334 valence electrons. The highest BCUT2D eigenvalue weighted by Crippen LogP contribution is 2.19. The van der Waals surface area contributed by atoms with Gasteiger partial charge in [0.1, 0.15) is 11.9 Å². The summed E-state index contributed by atoms with van der Waals surface area (Å²) >= 11 is 0. The quantitative estimate of drug-likeness (QED) is 0.0484. The number of unbranched alkanes of at least 4 members (excludes halogenated alkanes) is 23. The van der Waals surface area contributed by atoms with Crippen LogP contribution in [0.1, 0.15) is 252 Å². The van der Waals surface area contributed by atoms with Crippen molar-refractivity contribution in [1.82, 2.24) is 14.5 Å². The van der Waals surface area contributed by atoms with E-state index in [0.717, 1.165) is 89.8 Å². The lowest BCUT2D eigenvalue weighted by atomic mass is 10.0. The topological polar surface area (TPSA) is 73.7 Å². The van der Waals surface area contributed by atoms with Crippen molar-refractivity contribution in [2.45, 2.75) is 272 Å². The highest BCUT2D eigenvalue weighted by molar-refractivity contribution is 5.69. The summed E-state index contributed by atoms with van der Waals surface area (Å²) in [4.78, 5) is 32.2. The molecule has 1 rings (SSSR count). The molecule has 0 spiro atoms. The Hall–Kier alpha value is -1.89. The van der Waals surface area contributed by atoms with Gasteiger partial charge in [-0.25, -0.2) is 4.98 Å². The average Bonchev–Trinajstić information content (AvgIpc) is 3.61. The van der Waals surface area contributed by atoms with E-state index in [1.165, 1.54) is 148 Å². The normalized spacial score (nSPS) is 12.2. The van der Waals surface area contributed by atoms with E-state index in [9.17, 15) is 9.59 Å². The van der Waals surface area contributed by atoms with E-state index in [0.29, 0.717) is 12.8 Å². The fraction of sp³-hybridized carbons (Fsp3) is 0.900. The number of hydrogen-bond acceptors (Lipinski definition) is 6. The van der Waals surface area contributed by atoms with Crippen LogP contribution in [-0.2, 0) is 25.6 Å². The van der Waals surface area contributed by atoms with Crippen molar-refractivity contribution >= 4 is 11.9 Å². The molecule has 1 aromatic heterocycles. The summed E-state index contributed by atoms with van der Waals surface area (Å²) in [5.41, 5.74) is 0. The van der Waals surface area contributed by atoms with Gasteiger partial charge in [-0.1, -0.05) is 156 Å². The monoisotopic (exact) mass is 802 g/mol. The minimum Gasteiger partial charge on any atom is -0.463 e. The van der Waals surface area contributed by atoms with E-state index < -0.39 is 0 Å². The lowest BCUT2D eigenvalue weighted by molar-refractivity contribution is -0.150. The van der Waals surface area contributed by atoms with Gasteiger partial charge in [0.15, 0.2) is 0 Å². The zero-order valence-electron chi connectivity index (χ0n) is 38.7. The number of imidazole rings is 1. The van der Waals surface area contributed by atoms with Gasteiger partial charge in [-0.2, -0.15) is 0 Å². The minimum absolute atomic E-state index is 0.0148. The number of hydrogen-bond donors (Lipinski definition) is 0. The summed E-state index contributed by atoms with van der Waals surface area (Å²) < 4.78 is 14.0. The van der Waals surface area contributed by atoms with E-state index in [-0.39, 0.29) is 24.1 Å². The molecule has 1 aromatic rings. The molecule has 0 aliphatic rings. The fourth-order valence-electron chi connectivity index (χ4n) is 8.08. The first-order valence-electron chi connectivity index (χ1n) is 25.0. The van der Waals surface area contributed by atoms with Gasteiger partial charge in [0.2, 0.25) is 0 Å². The Morgan fingerprint density at radius 2 is 0.947 bits per heavy atom. The SMILES string of the molecule is CCCCCCCCC(C)OC(=O)CCCCCCCN(CCCCCCCC(=O)OC(CCCCCCCC)CCCCCCCC)CCCn1ccnc1C. The third-order valence-electron chi connectivity index (χ3n) is 11.9. The predicted molar refractivity (Wildman–Crippen MR) is 243 cm³/mol. The molecule has 57 heavy (non-hydrogen) atoms. The van der Waals surface area contributed by atoms with E-state index in [2.05, 4.69) is 55.3 Å². The van der Waals surface area contributed by atoms with Crippen LogP contribution in [0.15, 0.2) is 12.4 Å². The maximum atomic E-state index is 12.8. The van der Waals surface area contributed by atoms with Crippen molar-refractivity contribution in [1.29, 1.82) is 0 Å². The van der Waals surface area contributed by atoms with Gasteiger partial charge in [0.25, 0.3) is 0 Å². The Kier molecular flexibility index (Phi) is 36.9. The number of carbonyl (C=O) groups is 2. The first-order chi connectivity index (χ1) is 27.9. The summed E-state index contributed by atoms with van der Waals surface area (Å²) in [6.07, 6.45) is 44.0. The van der Waals surface area contributed by atoms with Crippen LogP contribution >= 0.6 is 0 Å². The van der Waals surface area contributed by atoms with Crippen LogP contribution in [0.4, 0.5) is 0 Å². The Labute approximate surface area is 354 Å². The van der Waals surface area contributed by atoms with Gasteiger partial charge in [0.05, 0.1) is 6.10 Å². The molecular weight excluding hydrogens is 707 g/mol. The summed E-state index contributed by atoms with van der Waals surface area (Å²) in [6.45, 7) is 15.3. The molecule has 0 N–H and O–H groups in total. The van der Waals surface area contributed by atoms with Crippen molar-refractivity contribution in [2.75, 3.05) is 19.6 Å². The molecule has 7 nitrogen and oxygen atoms in total. The molecule has 0 bridgehead atoms. The van der Waals surface area contributed by atoms with Gasteiger partial charge in [-0.3, -0.25) is 9.59 Å². The number of aromatic nitrogens is 2. The van der Waals surface area contributed by atoms with E-state index >= 15 is 0 Å².